The number of furan rings is 1. The van der Waals surface area contributed by atoms with Crippen LogP contribution >= 0.6 is 23.8 Å². The fraction of sp³-hybridized carbons (Fsp3) is 0.353. The standard InChI is InChI=1S/C17H19ClFN3O2S/c18-13-10-12(3-4-14(13)19)21-17(25)20-11-15(16-2-1-7-24-16)22-5-8-23-9-6-22/h1-4,7,10,15H,5-6,8-9,11H2,(H2,20,21,25). The topological polar surface area (TPSA) is 49.7 Å². The van der Waals surface area contributed by atoms with Gasteiger partial charge < -0.3 is 19.8 Å². The van der Waals surface area contributed by atoms with Gasteiger partial charge in [0.2, 0.25) is 0 Å². The monoisotopic (exact) mass is 383 g/mol. The Kier molecular flexibility index (Phi) is 6.25. The molecule has 1 aliphatic rings. The molecular formula is C17H19ClFN3O2S. The molecule has 1 fully saturated rings. The van der Waals surface area contributed by atoms with Crippen molar-refractivity contribution in [2.45, 2.75) is 6.04 Å². The van der Waals surface area contributed by atoms with Crippen LogP contribution in [-0.4, -0.2) is 42.9 Å². The molecule has 1 aliphatic heterocycles. The van der Waals surface area contributed by atoms with Crippen LogP contribution in [0.4, 0.5) is 10.1 Å². The lowest BCUT2D eigenvalue weighted by molar-refractivity contribution is 0.0127. The molecular weight excluding hydrogens is 365 g/mol. The predicted octanol–water partition coefficient (Wildman–Crippen LogP) is 3.43. The Morgan fingerprint density at radius 1 is 1.32 bits per heavy atom. The zero-order valence-corrected chi connectivity index (χ0v) is 15.1. The first-order valence-corrected chi connectivity index (χ1v) is 8.77. The van der Waals surface area contributed by atoms with Gasteiger partial charge in [0.25, 0.3) is 0 Å². The van der Waals surface area contributed by atoms with Gasteiger partial charge in [0.15, 0.2) is 5.11 Å². The normalized spacial score (nSPS) is 16.4. The van der Waals surface area contributed by atoms with Crippen LogP contribution in [0.2, 0.25) is 5.02 Å². The van der Waals surface area contributed by atoms with Gasteiger partial charge in [0, 0.05) is 25.3 Å². The summed E-state index contributed by atoms with van der Waals surface area (Å²) in [6, 6.07) is 8.26. The van der Waals surface area contributed by atoms with Crippen molar-refractivity contribution in [3.63, 3.8) is 0 Å². The maximum Gasteiger partial charge on any atom is 0.170 e. The van der Waals surface area contributed by atoms with Crippen LogP contribution in [0.5, 0.6) is 0 Å². The third kappa shape index (κ3) is 4.92. The fourth-order valence-electron chi connectivity index (χ4n) is 2.72. The van der Waals surface area contributed by atoms with E-state index in [2.05, 4.69) is 15.5 Å². The highest BCUT2D eigenvalue weighted by atomic mass is 35.5. The maximum atomic E-state index is 13.2. The molecule has 1 saturated heterocycles. The molecule has 1 aromatic heterocycles. The number of thiocarbonyl (C=S) groups is 1. The number of rotatable bonds is 5. The van der Waals surface area contributed by atoms with E-state index in [0.717, 1.165) is 18.8 Å². The molecule has 3 rings (SSSR count). The van der Waals surface area contributed by atoms with Crippen LogP contribution in [0.25, 0.3) is 0 Å². The van der Waals surface area contributed by atoms with Gasteiger partial charge in [0.05, 0.1) is 30.5 Å². The van der Waals surface area contributed by atoms with Crippen LogP contribution in [0.15, 0.2) is 41.0 Å². The minimum absolute atomic E-state index is 0.0505. The first-order chi connectivity index (χ1) is 12.1. The summed E-state index contributed by atoms with van der Waals surface area (Å²) in [5.41, 5.74) is 0.629. The van der Waals surface area contributed by atoms with Crippen molar-refractivity contribution in [1.82, 2.24) is 10.2 Å². The largest absolute Gasteiger partial charge is 0.468 e. The Bertz CT molecular complexity index is 708. The second kappa shape index (κ2) is 8.62. The summed E-state index contributed by atoms with van der Waals surface area (Å²) in [5, 5.41) is 6.69. The zero-order chi connectivity index (χ0) is 17.6. The number of hydrogen-bond acceptors (Lipinski definition) is 4. The van der Waals surface area contributed by atoms with Crippen molar-refractivity contribution >= 4 is 34.6 Å². The van der Waals surface area contributed by atoms with Gasteiger partial charge in [-0.1, -0.05) is 11.6 Å². The van der Waals surface area contributed by atoms with Gasteiger partial charge in [-0.05, 0) is 42.5 Å². The van der Waals surface area contributed by atoms with E-state index in [-0.39, 0.29) is 11.1 Å². The highest BCUT2D eigenvalue weighted by Crippen LogP contribution is 2.22. The molecule has 0 saturated carbocycles. The summed E-state index contributed by atoms with van der Waals surface area (Å²) >= 11 is 11.1. The third-order valence-corrected chi connectivity index (χ3v) is 4.53. The second-order valence-corrected chi connectivity index (χ2v) is 6.46. The summed E-state index contributed by atoms with van der Waals surface area (Å²) in [5.74, 6) is 0.415. The Balaban J connectivity index is 1.60. The molecule has 5 nitrogen and oxygen atoms in total. The molecule has 2 N–H and O–H groups in total. The molecule has 1 unspecified atom stereocenters. The van der Waals surface area contributed by atoms with E-state index in [0.29, 0.717) is 30.6 Å². The summed E-state index contributed by atoms with van der Waals surface area (Å²) in [4.78, 5) is 2.30. The van der Waals surface area contributed by atoms with E-state index in [1.807, 2.05) is 12.1 Å². The van der Waals surface area contributed by atoms with Crippen LogP contribution < -0.4 is 10.6 Å². The van der Waals surface area contributed by atoms with E-state index in [1.165, 1.54) is 12.1 Å². The molecule has 8 heteroatoms. The van der Waals surface area contributed by atoms with Crippen LogP contribution in [0, 0.1) is 5.82 Å². The molecule has 1 aromatic carbocycles. The number of halogens is 2. The summed E-state index contributed by atoms with van der Waals surface area (Å²) < 4.78 is 24.2. The fourth-order valence-corrected chi connectivity index (χ4v) is 3.10. The smallest absolute Gasteiger partial charge is 0.170 e. The van der Waals surface area contributed by atoms with E-state index >= 15 is 0 Å². The van der Waals surface area contributed by atoms with Crippen LogP contribution in [-0.2, 0) is 4.74 Å². The lowest BCUT2D eigenvalue weighted by Crippen LogP contribution is -2.44. The molecule has 2 heterocycles. The Labute approximate surface area is 156 Å². The molecule has 0 spiro atoms. The molecule has 0 radical (unpaired) electrons. The van der Waals surface area contributed by atoms with E-state index < -0.39 is 5.82 Å². The van der Waals surface area contributed by atoms with Crippen molar-refractivity contribution in [2.75, 3.05) is 38.2 Å². The van der Waals surface area contributed by atoms with Gasteiger partial charge >= 0.3 is 0 Å². The molecule has 1 atom stereocenters. The van der Waals surface area contributed by atoms with E-state index in [1.54, 1.807) is 12.3 Å². The SMILES string of the molecule is Fc1ccc(NC(=S)NCC(c2ccco2)N2CCOCC2)cc1Cl. The van der Waals surface area contributed by atoms with Crippen molar-refractivity contribution in [1.29, 1.82) is 0 Å². The quantitative estimate of drug-likeness (QED) is 0.771. The van der Waals surface area contributed by atoms with Crippen LogP contribution in [0.1, 0.15) is 11.8 Å². The Morgan fingerprint density at radius 3 is 2.80 bits per heavy atom. The molecule has 0 aliphatic carbocycles. The summed E-state index contributed by atoms with van der Waals surface area (Å²) in [7, 11) is 0. The van der Waals surface area contributed by atoms with Gasteiger partial charge in [-0.2, -0.15) is 0 Å². The number of benzene rings is 1. The highest BCUT2D eigenvalue weighted by molar-refractivity contribution is 7.80. The van der Waals surface area contributed by atoms with Gasteiger partial charge in [-0.15, -0.1) is 0 Å². The maximum absolute atomic E-state index is 13.2. The summed E-state index contributed by atoms with van der Waals surface area (Å²) in [6.45, 7) is 3.65. The average Bonchev–Trinajstić information content (AvgIpc) is 3.14. The number of ether oxygens (including phenoxy) is 1. The first-order valence-electron chi connectivity index (χ1n) is 7.98. The lowest BCUT2D eigenvalue weighted by atomic mass is 10.1. The van der Waals surface area contributed by atoms with Gasteiger partial charge in [0.1, 0.15) is 11.6 Å². The molecule has 134 valence electrons. The highest BCUT2D eigenvalue weighted by Gasteiger charge is 2.24. The number of nitrogens with one attached hydrogen (secondary N) is 2. The number of morpholine rings is 1. The summed E-state index contributed by atoms with van der Waals surface area (Å²) in [6.07, 6.45) is 1.67. The predicted molar refractivity (Wildman–Crippen MR) is 99.5 cm³/mol. The first kappa shape index (κ1) is 18.1. The van der Waals surface area contributed by atoms with Gasteiger partial charge in [-0.25, -0.2) is 4.39 Å². The van der Waals surface area contributed by atoms with Crippen molar-refractivity contribution in [2.24, 2.45) is 0 Å². The van der Waals surface area contributed by atoms with E-state index in [9.17, 15) is 4.39 Å². The van der Waals surface area contributed by atoms with Crippen molar-refractivity contribution < 1.29 is 13.5 Å². The molecule has 0 bridgehead atoms. The van der Waals surface area contributed by atoms with Crippen molar-refractivity contribution in [3.05, 3.63) is 53.2 Å². The molecule has 25 heavy (non-hydrogen) atoms. The number of anilines is 1. The second-order valence-electron chi connectivity index (χ2n) is 5.64. The third-order valence-electron chi connectivity index (χ3n) is 3.99. The Hall–Kier alpha value is -1.67. The van der Waals surface area contributed by atoms with Crippen molar-refractivity contribution in [3.8, 4) is 0 Å². The number of hydrogen-bond donors (Lipinski definition) is 2. The minimum Gasteiger partial charge on any atom is -0.468 e. The molecule has 2 aromatic rings. The van der Waals surface area contributed by atoms with Gasteiger partial charge in [-0.3, -0.25) is 4.90 Å². The zero-order valence-electron chi connectivity index (χ0n) is 13.5. The lowest BCUT2D eigenvalue weighted by Gasteiger charge is -2.33. The number of nitrogens with zero attached hydrogens (tertiary/aromatic N) is 1. The Morgan fingerprint density at radius 2 is 2.12 bits per heavy atom. The van der Waals surface area contributed by atoms with E-state index in [4.69, 9.17) is 33.0 Å². The average molecular weight is 384 g/mol. The van der Waals surface area contributed by atoms with Crippen LogP contribution in [0.3, 0.4) is 0 Å². The molecule has 0 amide bonds. The minimum atomic E-state index is -0.462.